The highest BCUT2D eigenvalue weighted by molar-refractivity contribution is 5.97. The lowest BCUT2D eigenvalue weighted by molar-refractivity contribution is -0.143. The molecule has 0 aliphatic carbocycles. The lowest BCUT2D eigenvalue weighted by Crippen LogP contribution is -2.33. The van der Waals surface area contributed by atoms with Crippen LogP contribution in [0.25, 0.3) is 0 Å². The number of hydrogen-bond donors (Lipinski definition) is 2. The number of nitrogens with zero attached hydrogens (tertiary/aromatic N) is 1. The fourth-order valence-electron chi connectivity index (χ4n) is 7.04. The number of esters is 2. The molecule has 2 aliphatic heterocycles. The summed E-state index contributed by atoms with van der Waals surface area (Å²) >= 11 is 0. The fourth-order valence-corrected chi connectivity index (χ4v) is 7.04. The van der Waals surface area contributed by atoms with Gasteiger partial charge in [0.25, 0.3) is 0 Å². The fraction of sp³-hybridized carbons (Fsp3) is 0.350. The average Bonchev–Trinajstić information content (AvgIpc) is 3.34. The number of phenols is 1. The Kier molecular flexibility index (Phi) is 8.86. The molecular weight excluding hydrogens is 604 g/mol. The Morgan fingerprint density at radius 3 is 2.40 bits per heavy atom. The summed E-state index contributed by atoms with van der Waals surface area (Å²) in [6.45, 7) is 11.7. The van der Waals surface area contributed by atoms with E-state index in [2.05, 4.69) is 39.1 Å². The van der Waals surface area contributed by atoms with E-state index in [1.54, 1.807) is 12.1 Å². The van der Waals surface area contributed by atoms with Gasteiger partial charge in [-0.15, -0.1) is 0 Å². The van der Waals surface area contributed by atoms with Crippen LogP contribution in [0.2, 0.25) is 0 Å². The van der Waals surface area contributed by atoms with Crippen molar-refractivity contribution in [1.82, 2.24) is 0 Å². The standard InChI is InChI=1S/C40H44N2O6/c1-7-46-37(44)13-10-20-41-34-23-36-33(22-30(34)25(2)24-39(3,4)5)40(31-12-9-8-11-29(31)38(45)48-40)32-19-16-27(21-35(32)47-36)42(6)26-14-17-28(43)18-15-26/h8-9,11-12,14-19,21-23,25,41,43H,7,10,13,20,24H2,1-6H3. The first-order valence-electron chi connectivity index (χ1n) is 16.7. The molecule has 250 valence electrons. The van der Waals surface area contributed by atoms with Gasteiger partial charge in [0.05, 0.1) is 12.2 Å². The van der Waals surface area contributed by atoms with Crippen LogP contribution in [0.5, 0.6) is 17.2 Å². The molecule has 6 rings (SSSR count). The van der Waals surface area contributed by atoms with Crippen molar-refractivity contribution in [2.75, 3.05) is 30.4 Å². The van der Waals surface area contributed by atoms with Crippen LogP contribution in [-0.4, -0.2) is 37.2 Å². The summed E-state index contributed by atoms with van der Waals surface area (Å²) in [7, 11) is 1.95. The molecule has 0 fully saturated rings. The summed E-state index contributed by atoms with van der Waals surface area (Å²) in [5.41, 5.74) is 5.48. The molecule has 4 aromatic carbocycles. The summed E-state index contributed by atoms with van der Waals surface area (Å²) < 4.78 is 18.4. The quantitative estimate of drug-likeness (QED) is 0.130. The number of benzene rings is 4. The maximum atomic E-state index is 13.6. The van der Waals surface area contributed by atoms with Gasteiger partial charge in [0, 0.05) is 65.9 Å². The molecule has 2 aliphatic rings. The van der Waals surface area contributed by atoms with Crippen LogP contribution in [-0.2, 0) is 19.9 Å². The SMILES string of the molecule is CCOC(=O)CCCNc1cc2c(cc1C(C)CC(C)(C)C)C1(OC(=O)c3ccccc31)c1ccc(N(C)c3ccc(O)cc3)cc1O2. The molecule has 8 nitrogen and oxygen atoms in total. The van der Waals surface area contributed by atoms with E-state index in [4.69, 9.17) is 14.2 Å². The molecule has 0 saturated carbocycles. The first-order chi connectivity index (χ1) is 22.9. The number of aromatic hydroxyl groups is 1. The molecule has 1 spiro atoms. The Morgan fingerprint density at radius 2 is 1.67 bits per heavy atom. The molecule has 48 heavy (non-hydrogen) atoms. The van der Waals surface area contributed by atoms with Crippen molar-refractivity contribution in [3.8, 4) is 17.2 Å². The molecule has 2 heterocycles. The zero-order chi connectivity index (χ0) is 34.2. The predicted octanol–water partition coefficient (Wildman–Crippen LogP) is 9.02. The van der Waals surface area contributed by atoms with Crippen LogP contribution < -0.4 is 15.0 Å². The van der Waals surface area contributed by atoms with Crippen molar-refractivity contribution >= 4 is 29.0 Å². The normalized spacial score (nSPS) is 16.7. The number of fused-ring (bicyclic) bond motifs is 6. The van der Waals surface area contributed by atoms with Gasteiger partial charge in [-0.25, -0.2) is 4.79 Å². The average molecular weight is 649 g/mol. The molecule has 2 atom stereocenters. The number of phenolic OH excluding ortho intramolecular Hbond substituents is 1. The number of ether oxygens (including phenoxy) is 3. The van der Waals surface area contributed by atoms with E-state index < -0.39 is 5.60 Å². The van der Waals surface area contributed by atoms with Gasteiger partial charge in [-0.3, -0.25) is 4.79 Å². The first-order valence-corrected chi connectivity index (χ1v) is 16.7. The van der Waals surface area contributed by atoms with E-state index in [0.29, 0.717) is 43.1 Å². The monoisotopic (exact) mass is 648 g/mol. The first kappa shape index (κ1) is 32.9. The number of nitrogens with one attached hydrogen (secondary N) is 1. The van der Waals surface area contributed by atoms with Gasteiger partial charge in [0.15, 0.2) is 5.60 Å². The predicted molar refractivity (Wildman–Crippen MR) is 188 cm³/mol. The van der Waals surface area contributed by atoms with Crippen molar-refractivity contribution in [2.45, 2.75) is 65.4 Å². The molecule has 0 saturated heterocycles. The lowest BCUT2D eigenvalue weighted by atomic mass is 9.75. The second-order valence-electron chi connectivity index (χ2n) is 13.9. The Labute approximate surface area is 282 Å². The lowest BCUT2D eigenvalue weighted by Gasteiger charge is -2.38. The molecule has 2 unspecified atom stereocenters. The molecule has 0 radical (unpaired) electrons. The zero-order valence-electron chi connectivity index (χ0n) is 28.6. The van der Waals surface area contributed by atoms with Gasteiger partial charge in [0.1, 0.15) is 17.2 Å². The van der Waals surface area contributed by atoms with E-state index in [-0.39, 0.29) is 29.0 Å². The topological polar surface area (TPSA) is 97.3 Å². The third-order valence-corrected chi connectivity index (χ3v) is 9.12. The number of carbonyl (C=O) groups excluding carboxylic acids is 2. The van der Waals surface area contributed by atoms with Gasteiger partial charge in [-0.2, -0.15) is 0 Å². The maximum absolute atomic E-state index is 13.6. The van der Waals surface area contributed by atoms with Crippen molar-refractivity contribution in [3.05, 3.63) is 107 Å². The van der Waals surface area contributed by atoms with Crippen LogP contribution in [0, 0.1) is 5.41 Å². The van der Waals surface area contributed by atoms with Gasteiger partial charge in [0.2, 0.25) is 0 Å². The minimum atomic E-state index is -1.20. The third-order valence-electron chi connectivity index (χ3n) is 9.12. The molecule has 2 N–H and O–H groups in total. The van der Waals surface area contributed by atoms with Crippen molar-refractivity contribution in [1.29, 1.82) is 0 Å². The molecule has 8 heteroatoms. The van der Waals surface area contributed by atoms with Gasteiger partial charge in [-0.05, 0) is 85.2 Å². The largest absolute Gasteiger partial charge is 0.508 e. The smallest absolute Gasteiger partial charge is 0.340 e. The Balaban J connectivity index is 1.48. The van der Waals surface area contributed by atoms with Crippen molar-refractivity contribution in [2.24, 2.45) is 5.41 Å². The van der Waals surface area contributed by atoms with Gasteiger partial charge >= 0.3 is 11.9 Å². The Bertz CT molecular complexity index is 1840. The van der Waals surface area contributed by atoms with Crippen LogP contribution in [0.1, 0.15) is 92.4 Å². The zero-order valence-corrected chi connectivity index (χ0v) is 28.6. The summed E-state index contributed by atoms with van der Waals surface area (Å²) in [5, 5.41) is 13.4. The number of hydrogen-bond acceptors (Lipinski definition) is 8. The molecule has 0 aromatic heterocycles. The Morgan fingerprint density at radius 1 is 0.958 bits per heavy atom. The number of carbonyl (C=O) groups is 2. The van der Waals surface area contributed by atoms with Gasteiger partial charge < -0.3 is 29.5 Å². The highest BCUT2D eigenvalue weighted by Crippen LogP contribution is 2.58. The van der Waals surface area contributed by atoms with Crippen LogP contribution in [0.4, 0.5) is 17.1 Å². The highest BCUT2D eigenvalue weighted by atomic mass is 16.6. The van der Waals surface area contributed by atoms with Crippen molar-refractivity contribution in [3.63, 3.8) is 0 Å². The van der Waals surface area contributed by atoms with E-state index in [1.165, 1.54) is 0 Å². The summed E-state index contributed by atoms with van der Waals surface area (Å²) in [6, 6.07) is 24.7. The molecular formula is C40H44N2O6. The van der Waals surface area contributed by atoms with E-state index in [1.807, 2.05) is 79.5 Å². The summed E-state index contributed by atoms with van der Waals surface area (Å²) in [5.74, 6) is 0.954. The number of anilines is 3. The third kappa shape index (κ3) is 6.19. The molecule has 4 aromatic rings. The minimum absolute atomic E-state index is 0.0731. The van der Waals surface area contributed by atoms with E-state index in [0.717, 1.165) is 45.7 Å². The summed E-state index contributed by atoms with van der Waals surface area (Å²) in [6.07, 6.45) is 1.88. The van der Waals surface area contributed by atoms with Crippen molar-refractivity contribution < 1.29 is 28.9 Å². The molecule has 0 bridgehead atoms. The molecule has 0 amide bonds. The second kappa shape index (κ2) is 12.9. The Hall–Kier alpha value is -4.98. The second-order valence-corrected chi connectivity index (χ2v) is 13.9. The van der Waals surface area contributed by atoms with E-state index in [9.17, 15) is 14.7 Å². The summed E-state index contributed by atoms with van der Waals surface area (Å²) in [4.78, 5) is 27.6. The van der Waals surface area contributed by atoms with Gasteiger partial charge in [-0.1, -0.05) is 45.9 Å². The van der Waals surface area contributed by atoms with Crippen LogP contribution in [0.15, 0.2) is 78.9 Å². The number of rotatable bonds is 10. The maximum Gasteiger partial charge on any atom is 0.340 e. The van der Waals surface area contributed by atoms with E-state index >= 15 is 0 Å². The van der Waals surface area contributed by atoms with Crippen LogP contribution >= 0.6 is 0 Å². The highest BCUT2D eigenvalue weighted by Gasteiger charge is 2.54. The van der Waals surface area contributed by atoms with Crippen LogP contribution in [0.3, 0.4) is 0 Å². The minimum Gasteiger partial charge on any atom is -0.508 e.